The van der Waals surface area contributed by atoms with Crippen LogP contribution in [0.25, 0.3) is 0 Å². The number of unbranched alkanes of at least 4 members (excludes halogenated alkanes) is 2. The summed E-state index contributed by atoms with van der Waals surface area (Å²) in [5.41, 5.74) is 2.53. The maximum atomic E-state index is 12.6. The summed E-state index contributed by atoms with van der Waals surface area (Å²) in [5, 5.41) is 0. The summed E-state index contributed by atoms with van der Waals surface area (Å²) in [4.78, 5) is 49.9. The van der Waals surface area contributed by atoms with Gasteiger partial charge < -0.3 is 28.4 Å². The summed E-state index contributed by atoms with van der Waals surface area (Å²) in [6, 6.07) is 29.4. The molecule has 0 amide bonds. The fourth-order valence-electron chi connectivity index (χ4n) is 7.43. The topological polar surface area (TPSA) is 124 Å². The summed E-state index contributed by atoms with van der Waals surface area (Å²) >= 11 is 0. The Kier molecular flexibility index (Phi) is 18.0. The average molecular weight is 825 g/mol. The first kappa shape index (κ1) is 45.4. The highest BCUT2D eigenvalue weighted by molar-refractivity contribution is 5.79. The number of carbonyl (C=O) groups excluding carboxylic acids is 4. The van der Waals surface area contributed by atoms with Gasteiger partial charge in [-0.2, -0.15) is 0 Å². The Balaban J connectivity index is 0.000000323. The first-order chi connectivity index (χ1) is 29.2. The predicted molar refractivity (Wildman–Crippen MR) is 234 cm³/mol. The molecule has 4 aromatic rings. The van der Waals surface area contributed by atoms with Crippen molar-refractivity contribution in [1.29, 1.82) is 0 Å². The summed E-state index contributed by atoms with van der Waals surface area (Å²) < 4.78 is 32.2. The Bertz CT molecular complexity index is 1790. The molecule has 0 radical (unpaired) electrons. The quantitative estimate of drug-likeness (QED) is 0.0796. The van der Waals surface area contributed by atoms with Crippen LogP contribution in [-0.2, 0) is 32.0 Å². The van der Waals surface area contributed by atoms with Crippen LogP contribution in [0.5, 0.6) is 34.5 Å². The maximum absolute atomic E-state index is 12.6. The molecule has 0 saturated heterocycles. The Hall–Kier alpha value is -5.64. The lowest BCUT2D eigenvalue weighted by Gasteiger charge is -2.25. The van der Waals surface area contributed by atoms with Crippen LogP contribution in [0.4, 0.5) is 0 Å². The van der Waals surface area contributed by atoms with E-state index in [1.807, 2.05) is 48.5 Å². The molecular formula is C50H64O10. The average Bonchev–Trinajstić information content (AvgIpc) is 3.29. The highest BCUT2D eigenvalue weighted by Gasteiger charge is 2.33. The summed E-state index contributed by atoms with van der Waals surface area (Å²) in [6.45, 7) is 4.35. The second-order valence-electron chi connectivity index (χ2n) is 15.6. The molecule has 0 aromatic heterocycles. The van der Waals surface area contributed by atoms with E-state index in [-0.39, 0.29) is 50.4 Å². The number of rotatable bonds is 16. The maximum Gasteiger partial charge on any atom is 0.314 e. The number of aryl methyl sites for hydroxylation is 2. The number of ether oxygens (including phenoxy) is 6. The van der Waals surface area contributed by atoms with Gasteiger partial charge in [-0.15, -0.1) is 0 Å². The number of hydrogen-bond donors (Lipinski definition) is 0. The van der Waals surface area contributed by atoms with E-state index >= 15 is 0 Å². The molecule has 0 spiro atoms. The van der Waals surface area contributed by atoms with Gasteiger partial charge >= 0.3 is 23.9 Å². The van der Waals surface area contributed by atoms with Gasteiger partial charge in [0, 0.05) is 2.85 Å². The molecule has 2 aliphatic rings. The predicted octanol–water partition coefficient (Wildman–Crippen LogP) is 11.2. The first-order valence-corrected chi connectivity index (χ1v) is 21.5. The van der Waals surface area contributed by atoms with Crippen molar-refractivity contribution in [3.63, 3.8) is 0 Å². The number of benzene rings is 4. The van der Waals surface area contributed by atoms with Crippen molar-refractivity contribution in [2.45, 2.75) is 104 Å². The Morgan fingerprint density at radius 2 is 0.617 bits per heavy atom. The third kappa shape index (κ3) is 14.3. The lowest BCUT2D eigenvalue weighted by atomic mass is 9.82. The molecule has 0 atom stereocenters. The van der Waals surface area contributed by atoms with Crippen molar-refractivity contribution in [3.8, 4) is 34.5 Å². The third-order valence-corrected chi connectivity index (χ3v) is 11.3. The van der Waals surface area contributed by atoms with Crippen LogP contribution in [0, 0.1) is 23.7 Å². The van der Waals surface area contributed by atoms with Crippen LogP contribution in [0.3, 0.4) is 0 Å². The van der Waals surface area contributed by atoms with Gasteiger partial charge in [0.15, 0.2) is 0 Å². The molecule has 0 heterocycles. The van der Waals surface area contributed by atoms with Gasteiger partial charge in [0.05, 0.1) is 37.9 Å². The van der Waals surface area contributed by atoms with Crippen molar-refractivity contribution >= 4 is 23.9 Å². The molecule has 0 N–H and O–H groups in total. The zero-order valence-electron chi connectivity index (χ0n) is 35.5. The van der Waals surface area contributed by atoms with Gasteiger partial charge in [0.1, 0.15) is 34.5 Å². The van der Waals surface area contributed by atoms with Crippen LogP contribution < -0.4 is 28.4 Å². The standard InChI is InChI=1S/C28H36O4.C22H24O6.2H2/c1-3-5-7-21-9-17-25(18-10-21)31-27(29)23-13-15-24(16-14-23)28(30)32-26-19-11-22(12-20-26)8-6-4-2;1-25-17-7-11-19(12-8-17)27-21(23)15-3-5-16(6-4-15)22(24)28-20-13-9-18(26-2)10-14-20;;/h9-12,17-20,23-24H,3-8,13-16H2,1-2H3;7-16H,3-6H2,1-2H3;2*1H. The molecule has 0 bridgehead atoms. The van der Waals surface area contributed by atoms with Gasteiger partial charge in [-0.05, 0) is 161 Å². The van der Waals surface area contributed by atoms with E-state index in [1.165, 1.54) is 11.1 Å². The Morgan fingerprint density at radius 1 is 0.400 bits per heavy atom. The zero-order valence-corrected chi connectivity index (χ0v) is 35.5. The molecule has 4 aromatic carbocycles. The third-order valence-electron chi connectivity index (χ3n) is 11.3. The van der Waals surface area contributed by atoms with Gasteiger partial charge in [0.25, 0.3) is 0 Å². The molecule has 2 fully saturated rings. The van der Waals surface area contributed by atoms with Crippen LogP contribution in [0.1, 0.15) is 105 Å². The highest BCUT2D eigenvalue weighted by atomic mass is 16.5. The molecule has 10 heteroatoms. The Labute approximate surface area is 357 Å². The van der Waals surface area contributed by atoms with Crippen molar-refractivity contribution in [3.05, 3.63) is 108 Å². The summed E-state index contributed by atoms with van der Waals surface area (Å²) in [5.74, 6) is 1.97. The van der Waals surface area contributed by atoms with E-state index in [1.54, 1.807) is 62.8 Å². The molecule has 0 unspecified atom stereocenters. The Morgan fingerprint density at radius 3 is 0.833 bits per heavy atom. The number of esters is 4. The minimum Gasteiger partial charge on any atom is -0.497 e. The highest BCUT2D eigenvalue weighted by Crippen LogP contribution is 2.33. The monoisotopic (exact) mass is 824 g/mol. The summed E-state index contributed by atoms with van der Waals surface area (Å²) in [6.07, 6.45) is 11.8. The van der Waals surface area contributed by atoms with E-state index in [0.717, 1.165) is 38.5 Å². The number of methoxy groups -OCH3 is 2. The first-order valence-electron chi connectivity index (χ1n) is 21.5. The summed E-state index contributed by atoms with van der Waals surface area (Å²) in [7, 11) is 3.16. The normalized spacial score (nSPS) is 18.5. The molecule has 10 nitrogen and oxygen atoms in total. The van der Waals surface area contributed by atoms with Gasteiger partial charge in [-0.25, -0.2) is 0 Å². The zero-order chi connectivity index (χ0) is 42.7. The minimum atomic E-state index is -0.257. The molecule has 60 heavy (non-hydrogen) atoms. The van der Waals surface area contributed by atoms with E-state index in [4.69, 9.17) is 28.4 Å². The second-order valence-corrected chi connectivity index (χ2v) is 15.6. The molecule has 324 valence electrons. The fraction of sp³-hybridized carbons (Fsp3) is 0.440. The lowest BCUT2D eigenvalue weighted by Crippen LogP contribution is -2.30. The number of hydrogen-bond acceptors (Lipinski definition) is 10. The molecular weight excluding hydrogens is 761 g/mol. The molecule has 6 rings (SSSR count). The second kappa shape index (κ2) is 23.8. The van der Waals surface area contributed by atoms with E-state index < -0.39 is 0 Å². The van der Waals surface area contributed by atoms with Crippen LogP contribution in [0.15, 0.2) is 97.1 Å². The van der Waals surface area contributed by atoms with E-state index in [0.29, 0.717) is 85.9 Å². The fourth-order valence-corrected chi connectivity index (χ4v) is 7.43. The van der Waals surface area contributed by atoms with Crippen molar-refractivity contribution in [1.82, 2.24) is 0 Å². The van der Waals surface area contributed by atoms with Crippen LogP contribution in [-0.4, -0.2) is 38.1 Å². The van der Waals surface area contributed by atoms with Crippen molar-refractivity contribution in [2.24, 2.45) is 23.7 Å². The minimum absolute atomic E-state index is 0. The molecule has 2 saturated carbocycles. The van der Waals surface area contributed by atoms with Crippen LogP contribution in [0.2, 0.25) is 0 Å². The largest absolute Gasteiger partial charge is 0.497 e. The van der Waals surface area contributed by atoms with Crippen molar-refractivity contribution < 1.29 is 50.5 Å². The lowest BCUT2D eigenvalue weighted by molar-refractivity contribution is -0.145. The number of carbonyl (C=O) groups is 4. The van der Waals surface area contributed by atoms with E-state index in [2.05, 4.69) is 13.8 Å². The molecule has 0 aliphatic heterocycles. The van der Waals surface area contributed by atoms with Gasteiger partial charge in [-0.1, -0.05) is 51.0 Å². The van der Waals surface area contributed by atoms with Crippen molar-refractivity contribution in [2.75, 3.05) is 14.2 Å². The molecule has 2 aliphatic carbocycles. The van der Waals surface area contributed by atoms with Gasteiger partial charge in [-0.3, -0.25) is 19.2 Å². The van der Waals surface area contributed by atoms with Crippen LogP contribution >= 0.6 is 0 Å². The van der Waals surface area contributed by atoms with E-state index in [9.17, 15) is 19.2 Å². The SMILES string of the molecule is CCCCc1ccc(OC(=O)C2CCC(C(=O)Oc3ccc(CCCC)cc3)CC2)cc1.COc1ccc(OC(=O)C2CCC(C(=O)Oc3ccc(OC)cc3)CC2)cc1.[HH].[HH]. The van der Waals surface area contributed by atoms with Gasteiger partial charge in [0.2, 0.25) is 0 Å². The smallest absolute Gasteiger partial charge is 0.314 e.